The van der Waals surface area contributed by atoms with Crippen LogP contribution in [0.4, 0.5) is 0 Å². The standard InChI is InChI=1S/C19H20N2O4S/c1-13(25-17(22)11-20-18(23)16-7-4-10-26-16)19(24)21-9-8-14-5-2-3-6-15(14)12-21/h2-7,10,13H,8-9,11-12H2,1H3,(H,20,23)/t13-/m0/s1. The summed E-state index contributed by atoms with van der Waals surface area (Å²) in [5.41, 5.74) is 2.37. The van der Waals surface area contributed by atoms with Crippen LogP contribution in [-0.2, 0) is 27.3 Å². The Morgan fingerprint density at radius 3 is 2.69 bits per heavy atom. The van der Waals surface area contributed by atoms with E-state index in [0.29, 0.717) is 18.0 Å². The van der Waals surface area contributed by atoms with E-state index in [1.54, 1.807) is 29.3 Å². The lowest BCUT2D eigenvalue weighted by molar-refractivity contribution is -0.158. The van der Waals surface area contributed by atoms with Crippen LogP contribution < -0.4 is 5.32 Å². The number of thiophene rings is 1. The molecule has 0 radical (unpaired) electrons. The van der Waals surface area contributed by atoms with Gasteiger partial charge in [0.2, 0.25) is 0 Å². The predicted molar refractivity (Wildman–Crippen MR) is 97.8 cm³/mol. The van der Waals surface area contributed by atoms with Crippen molar-refractivity contribution < 1.29 is 19.1 Å². The summed E-state index contributed by atoms with van der Waals surface area (Å²) in [5.74, 6) is -1.19. The minimum atomic E-state index is -0.883. The Morgan fingerprint density at radius 1 is 1.19 bits per heavy atom. The van der Waals surface area contributed by atoms with Crippen molar-refractivity contribution in [2.24, 2.45) is 0 Å². The summed E-state index contributed by atoms with van der Waals surface area (Å²) in [5, 5.41) is 4.28. The number of nitrogens with zero attached hydrogens (tertiary/aromatic N) is 1. The topological polar surface area (TPSA) is 75.7 Å². The van der Waals surface area contributed by atoms with Gasteiger partial charge in [0.05, 0.1) is 4.88 Å². The van der Waals surface area contributed by atoms with E-state index in [-0.39, 0.29) is 18.4 Å². The molecule has 1 atom stereocenters. The van der Waals surface area contributed by atoms with Crippen molar-refractivity contribution in [3.8, 4) is 0 Å². The molecule has 0 unspecified atom stereocenters. The minimum Gasteiger partial charge on any atom is -0.451 e. The average molecular weight is 372 g/mol. The highest BCUT2D eigenvalue weighted by molar-refractivity contribution is 7.12. The Morgan fingerprint density at radius 2 is 1.96 bits per heavy atom. The lowest BCUT2D eigenvalue weighted by Crippen LogP contribution is -2.43. The number of carbonyl (C=O) groups excluding carboxylic acids is 3. The van der Waals surface area contributed by atoms with Crippen LogP contribution in [0, 0.1) is 0 Å². The molecular formula is C19H20N2O4S. The summed E-state index contributed by atoms with van der Waals surface area (Å²) in [6.45, 7) is 2.41. The number of amides is 2. The molecule has 6 nitrogen and oxygen atoms in total. The number of hydrogen-bond donors (Lipinski definition) is 1. The first-order chi connectivity index (χ1) is 12.5. The second-order valence-corrected chi connectivity index (χ2v) is 7.02. The molecule has 0 bridgehead atoms. The van der Waals surface area contributed by atoms with Crippen LogP contribution in [0.15, 0.2) is 41.8 Å². The fourth-order valence-electron chi connectivity index (χ4n) is 2.88. The number of nitrogens with one attached hydrogen (secondary N) is 1. The zero-order chi connectivity index (χ0) is 18.5. The maximum Gasteiger partial charge on any atom is 0.326 e. The van der Waals surface area contributed by atoms with Gasteiger partial charge in [0.15, 0.2) is 6.10 Å². The number of hydrogen-bond acceptors (Lipinski definition) is 5. The van der Waals surface area contributed by atoms with Crippen molar-refractivity contribution in [1.29, 1.82) is 0 Å². The van der Waals surface area contributed by atoms with Crippen LogP contribution in [0.1, 0.15) is 27.7 Å². The Labute approximate surface area is 155 Å². The van der Waals surface area contributed by atoms with Gasteiger partial charge < -0.3 is 15.0 Å². The minimum absolute atomic E-state index is 0.225. The van der Waals surface area contributed by atoms with E-state index in [0.717, 1.165) is 12.0 Å². The number of esters is 1. The van der Waals surface area contributed by atoms with Crippen molar-refractivity contribution in [3.63, 3.8) is 0 Å². The van der Waals surface area contributed by atoms with Gasteiger partial charge in [-0.15, -0.1) is 11.3 Å². The zero-order valence-electron chi connectivity index (χ0n) is 14.4. The number of ether oxygens (including phenoxy) is 1. The maximum atomic E-state index is 12.5. The molecule has 1 aliphatic rings. The quantitative estimate of drug-likeness (QED) is 0.815. The fourth-order valence-corrected chi connectivity index (χ4v) is 3.52. The van der Waals surface area contributed by atoms with Gasteiger partial charge in [-0.1, -0.05) is 30.3 Å². The molecule has 7 heteroatoms. The van der Waals surface area contributed by atoms with Gasteiger partial charge in [0.25, 0.3) is 11.8 Å². The summed E-state index contributed by atoms with van der Waals surface area (Å²) in [6.07, 6.45) is -0.0918. The zero-order valence-corrected chi connectivity index (χ0v) is 15.3. The monoisotopic (exact) mass is 372 g/mol. The van der Waals surface area contributed by atoms with E-state index < -0.39 is 12.1 Å². The molecule has 1 N–H and O–H groups in total. The van der Waals surface area contributed by atoms with E-state index in [1.165, 1.54) is 16.9 Å². The molecule has 2 heterocycles. The van der Waals surface area contributed by atoms with Gasteiger partial charge >= 0.3 is 5.97 Å². The molecule has 0 fully saturated rings. The van der Waals surface area contributed by atoms with E-state index in [9.17, 15) is 14.4 Å². The molecule has 0 saturated carbocycles. The van der Waals surface area contributed by atoms with E-state index >= 15 is 0 Å². The Bertz CT molecular complexity index is 804. The highest BCUT2D eigenvalue weighted by Crippen LogP contribution is 2.19. The Kier molecular flexibility index (Phi) is 5.68. The van der Waals surface area contributed by atoms with E-state index in [2.05, 4.69) is 11.4 Å². The molecule has 2 amide bonds. The lowest BCUT2D eigenvalue weighted by Gasteiger charge is -2.30. The van der Waals surface area contributed by atoms with Crippen LogP contribution >= 0.6 is 11.3 Å². The van der Waals surface area contributed by atoms with Crippen LogP contribution in [0.5, 0.6) is 0 Å². The van der Waals surface area contributed by atoms with Crippen molar-refractivity contribution in [1.82, 2.24) is 10.2 Å². The van der Waals surface area contributed by atoms with Crippen LogP contribution in [0.25, 0.3) is 0 Å². The van der Waals surface area contributed by atoms with Crippen LogP contribution in [0.2, 0.25) is 0 Å². The molecule has 1 aliphatic heterocycles. The van der Waals surface area contributed by atoms with E-state index in [1.807, 2.05) is 18.2 Å². The van der Waals surface area contributed by atoms with Gasteiger partial charge in [-0.05, 0) is 35.9 Å². The molecule has 26 heavy (non-hydrogen) atoms. The first kappa shape index (κ1) is 18.1. The average Bonchev–Trinajstić information content (AvgIpc) is 3.20. The van der Waals surface area contributed by atoms with Crippen molar-refractivity contribution in [3.05, 3.63) is 57.8 Å². The second-order valence-electron chi connectivity index (χ2n) is 6.07. The van der Waals surface area contributed by atoms with Crippen molar-refractivity contribution >= 4 is 29.1 Å². The summed E-state index contributed by atoms with van der Waals surface area (Å²) in [6, 6.07) is 11.4. The van der Waals surface area contributed by atoms with Gasteiger partial charge in [-0.2, -0.15) is 0 Å². The predicted octanol–water partition coefficient (Wildman–Crippen LogP) is 1.99. The molecule has 1 aromatic carbocycles. The molecule has 0 saturated heterocycles. The Hall–Kier alpha value is -2.67. The second kappa shape index (κ2) is 8.14. The third kappa shape index (κ3) is 4.29. The number of benzene rings is 1. The Balaban J connectivity index is 1.48. The molecule has 2 aromatic rings. The van der Waals surface area contributed by atoms with Gasteiger partial charge in [-0.3, -0.25) is 14.4 Å². The molecule has 3 rings (SSSR count). The largest absolute Gasteiger partial charge is 0.451 e. The molecule has 1 aromatic heterocycles. The van der Waals surface area contributed by atoms with E-state index in [4.69, 9.17) is 4.74 Å². The summed E-state index contributed by atoms with van der Waals surface area (Å²) < 4.78 is 5.18. The third-order valence-corrected chi connectivity index (χ3v) is 5.11. The van der Waals surface area contributed by atoms with Gasteiger partial charge in [0.1, 0.15) is 6.54 Å². The summed E-state index contributed by atoms with van der Waals surface area (Å²) in [4.78, 5) is 38.5. The fraction of sp³-hybridized carbons (Fsp3) is 0.316. The normalized spacial score (nSPS) is 14.3. The molecule has 0 spiro atoms. The molecular weight excluding hydrogens is 352 g/mol. The third-order valence-electron chi connectivity index (χ3n) is 4.24. The summed E-state index contributed by atoms with van der Waals surface area (Å²) in [7, 11) is 0. The summed E-state index contributed by atoms with van der Waals surface area (Å²) >= 11 is 1.29. The first-order valence-electron chi connectivity index (χ1n) is 8.41. The maximum absolute atomic E-state index is 12.5. The van der Waals surface area contributed by atoms with Crippen molar-refractivity contribution in [2.75, 3.05) is 13.1 Å². The SMILES string of the molecule is C[C@H](OC(=O)CNC(=O)c1cccs1)C(=O)N1CCc2ccccc2C1. The number of rotatable bonds is 5. The molecule has 136 valence electrons. The first-order valence-corrected chi connectivity index (χ1v) is 9.29. The highest BCUT2D eigenvalue weighted by Gasteiger charge is 2.27. The molecule has 0 aliphatic carbocycles. The highest BCUT2D eigenvalue weighted by atomic mass is 32.1. The lowest BCUT2D eigenvalue weighted by atomic mass is 9.99. The smallest absolute Gasteiger partial charge is 0.326 e. The van der Waals surface area contributed by atoms with Gasteiger partial charge in [0, 0.05) is 13.1 Å². The van der Waals surface area contributed by atoms with Crippen molar-refractivity contribution in [2.45, 2.75) is 26.0 Å². The van der Waals surface area contributed by atoms with Gasteiger partial charge in [-0.25, -0.2) is 0 Å². The number of fused-ring (bicyclic) bond motifs is 1. The van der Waals surface area contributed by atoms with Crippen LogP contribution in [0.3, 0.4) is 0 Å². The number of carbonyl (C=O) groups is 3. The van der Waals surface area contributed by atoms with Crippen LogP contribution in [-0.4, -0.2) is 41.9 Å².